The summed E-state index contributed by atoms with van der Waals surface area (Å²) in [6.45, 7) is 2.55. The number of rotatable bonds is 6. The molecule has 0 radical (unpaired) electrons. The first-order valence-electron chi connectivity index (χ1n) is 9.45. The number of aryl methyl sites for hydroxylation is 1. The first kappa shape index (κ1) is 19.3. The molecule has 0 saturated carbocycles. The molecule has 0 N–H and O–H groups in total. The van der Waals surface area contributed by atoms with Crippen molar-refractivity contribution in [3.63, 3.8) is 0 Å². The van der Waals surface area contributed by atoms with E-state index in [4.69, 9.17) is 9.72 Å². The van der Waals surface area contributed by atoms with E-state index in [2.05, 4.69) is 31.2 Å². The molecule has 0 bridgehead atoms. The Bertz CT molecular complexity index is 1180. The summed E-state index contributed by atoms with van der Waals surface area (Å²) in [4.78, 5) is 18.0. The average molecular weight is 403 g/mol. The Hall–Kier alpha value is -3.05. The molecule has 4 rings (SSSR count). The Kier molecular flexibility index (Phi) is 5.67. The predicted molar refractivity (Wildman–Crippen MR) is 119 cm³/mol. The third-order valence-electron chi connectivity index (χ3n) is 4.81. The first-order chi connectivity index (χ1) is 14.1. The highest BCUT2D eigenvalue weighted by atomic mass is 32.2. The normalized spacial score (nSPS) is 11.0. The fraction of sp³-hybridized carbons (Fsp3) is 0.167. The SMILES string of the molecule is COc1ccc(Cn2c(SCc3ccc(C)cc3)nc3ccccc3c2=O)cc1. The predicted octanol–water partition coefficient (Wildman–Crippen LogP) is 5.05. The lowest BCUT2D eigenvalue weighted by atomic mass is 10.2. The second-order valence-corrected chi connectivity index (χ2v) is 7.87. The molecule has 5 heteroatoms. The van der Waals surface area contributed by atoms with E-state index in [1.54, 1.807) is 23.4 Å². The Labute approximate surface area is 174 Å². The van der Waals surface area contributed by atoms with Crippen LogP contribution < -0.4 is 10.3 Å². The van der Waals surface area contributed by atoms with Crippen molar-refractivity contribution in [1.29, 1.82) is 0 Å². The van der Waals surface area contributed by atoms with Gasteiger partial charge in [0.05, 0.1) is 24.6 Å². The molecule has 1 aromatic heterocycles. The van der Waals surface area contributed by atoms with Crippen LogP contribution in [-0.2, 0) is 12.3 Å². The first-order valence-corrected chi connectivity index (χ1v) is 10.4. The topological polar surface area (TPSA) is 44.1 Å². The number of nitrogens with zero attached hydrogens (tertiary/aromatic N) is 2. The van der Waals surface area contributed by atoms with Crippen molar-refractivity contribution in [3.8, 4) is 5.75 Å². The fourth-order valence-electron chi connectivity index (χ4n) is 3.14. The van der Waals surface area contributed by atoms with Crippen LogP contribution in [0.15, 0.2) is 82.7 Å². The summed E-state index contributed by atoms with van der Waals surface area (Å²) in [6, 6.07) is 23.8. The number of para-hydroxylation sites is 1. The summed E-state index contributed by atoms with van der Waals surface area (Å²) >= 11 is 1.59. The minimum Gasteiger partial charge on any atom is -0.497 e. The molecule has 0 fully saturated rings. The van der Waals surface area contributed by atoms with E-state index in [9.17, 15) is 4.79 Å². The summed E-state index contributed by atoms with van der Waals surface area (Å²) in [5, 5.41) is 1.37. The Morgan fingerprint density at radius 3 is 2.34 bits per heavy atom. The molecule has 0 amide bonds. The molecule has 29 heavy (non-hydrogen) atoms. The molecule has 3 aromatic carbocycles. The zero-order valence-electron chi connectivity index (χ0n) is 16.5. The number of hydrogen-bond donors (Lipinski definition) is 0. The van der Waals surface area contributed by atoms with Gasteiger partial charge in [-0.15, -0.1) is 0 Å². The average Bonchev–Trinajstić information content (AvgIpc) is 2.76. The summed E-state index contributed by atoms with van der Waals surface area (Å²) in [7, 11) is 1.65. The van der Waals surface area contributed by atoms with Crippen molar-refractivity contribution in [2.75, 3.05) is 7.11 Å². The van der Waals surface area contributed by atoms with E-state index in [0.29, 0.717) is 11.9 Å². The van der Waals surface area contributed by atoms with Gasteiger partial charge in [-0.3, -0.25) is 9.36 Å². The number of fused-ring (bicyclic) bond motifs is 1. The van der Waals surface area contributed by atoms with Crippen molar-refractivity contribution in [2.24, 2.45) is 0 Å². The molecule has 0 saturated heterocycles. The summed E-state index contributed by atoms with van der Waals surface area (Å²) in [6.07, 6.45) is 0. The Balaban J connectivity index is 1.71. The van der Waals surface area contributed by atoms with Gasteiger partial charge in [0, 0.05) is 5.75 Å². The summed E-state index contributed by atoms with van der Waals surface area (Å²) in [5.41, 5.74) is 4.19. The lowest BCUT2D eigenvalue weighted by molar-refractivity contribution is 0.414. The van der Waals surface area contributed by atoms with Crippen LogP contribution in [0.4, 0.5) is 0 Å². The quantitative estimate of drug-likeness (QED) is 0.334. The van der Waals surface area contributed by atoms with Crippen molar-refractivity contribution in [1.82, 2.24) is 9.55 Å². The van der Waals surface area contributed by atoms with Crippen LogP contribution in [0.25, 0.3) is 10.9 Å². The highest BCUT2D eigenvalue weighted by Crippen LogP contribution is 2.23. The van der Waals surface area contributed by atoms with Gasteiger partial charge in [0.25, 0.3) is 5.56 Å². The van der Waals surface area contributed by atoms with E-state index in [0.717, 1.165) is 27.7 Å². The van der Waals surface area contributed by atoms with Crippen molar-refractivity contribution in [2.45, 2.75) is 24.4 Å². The third kappa shape index (κ3) is 4.35. The smallest absolute Gasteiger partial charge is 0.262 e. The maximum Gasteiger partial charge on any atom is 0.262 e. The van der Waals surface area contributed by atoms with Gasteiger partial charge in [-0.2, -0.15) is 0 Å². The van der Waals surface area contributed by atoms with E-state index in [1.165, 1.54) is 11.1 Å². The zero-order valence-corrected chi connectivity index (χ0v) is 17.3. The fourth-order valence-corrected chi connectivity index (χ4v) is 4.10. The maximum atomic E-state index is 13.2. The summed E-state index contributed by atoms with van der Waals surface area (Å²) < 4.78 is 7.00. The molecule has 1 heterocycles. The largest absolute Gasteiger partial charge is 0.497 e. The zero-order chi connectivity index (χ0) is 20.2. The van der Waals surface area contributed by atoms with Gasteiger partial charge >= 0.3 is 0 Å². The number of hydrogen-bond acceptors (Lipinski definition) is 4. The molecular weight excluding hydrogens is 380 g/mol. The molecule has 0 unspecified atom stereocenters. The van der Waals surface area contributed by atoms with Crippen LogP contribution >= 0.6 is 11.8 Å². The number of methoxy groups -OCH3 is 1. The second-order valence-electron chi connectivity index (χ2n) is 6.93. The van der Waals surface area contributed by atoms with Gasteiger partial charge in [-0.05, 0) is 42.3 Å². The molecule has 4 nitrogen and oxygen atoms in total. The van der Waals surface area contributed by atoms with Gasteiger partial charge < -0.3 is 4.74 Å². The van der Waals surface area contributed by atoms with Crippen LogP contribution in [0, 0.1) is 6.92 Å². The van der Waals surface area contributed by atoms with E-state index < -0.39 is 0 Å². The van der Waals surface area contributed by atoms with Gasteiger partial charge in [0.1, 0.15) is 5.75 Å². The van der Waals surface area contributed by atoms with E-state index >= 15 is 0 Å². The van der Waals surface area contributed by atoms with Crippen LogP contribution in [0.3, 0.4) is 0 Å². The van der Waals surface area contributed by atoms with Crippen LogP contribution in [0.5, 0.6) is 5.75 Å². The molecule has 0 aliphatic rings. The molecular formula is C24H22N2O2S. The maximum absolute atomic E-state index is 13.2. The standard InChI is InChI=1S/C24H22N2O2S/c1-17-7-9-19(10-8-17)16-29-24-25-22-6-4-3-5-21(22)23(27)26(24)15-18-11-13-20(28-2)14-12-18/h3-14H,15-16H2,1-2H3. The molecule has 0 aliphatic carbocycles. The van der Waals surface area contributed by atoms with Crippen LogP contribution in [-0.4, -0.2) is 16.7 Å². The van der Waals surface area contributed by atoms with Crippen LogP contribution in [0.2, 0.25) is 0 Å². The molecule has 0 aliphatic heterocycles. The van der Waals surface area contributed by atoms with Gasteiger partial charge in [0.15, 0.2) is 5.16 Å². The van der Waals surface area contributed by atoms with Crippen molar-refractivity contribution in [3.05, 3.63) is 99.8 Å². The van der Waals surface area contributed by atoms with Gasteiger partial charge in [-0.25, -0.2) is 4.98 Å². The Morgan fingerprint density at radius 1 is 0.931 bits per heavy atom. The minimum atomic E-state index is -0.0159. The lowest BCUT2D eigenvalue weighted by Gasteiger charge is -2.14. The molecule has 0 spiro atoms. The minimum absolute atomic E-state index is 0.0159. The highest BCUT2D eigenvalue weighted by Gasteiger charge is 2.12. The molecule has 0 atom stereocenters. The summed E-state index contributed by atoms with van der Waals surface area (Å²) in [5.74, 6) is 1.56. The highest BCUT2D eigenvalue weighted by molar-refractivity contribution is 7.98. The molecule has 4 aromatic rings. The lowest BCUT2D eigenvalue weighted by Crippen LogP contribution is -2.24. The monoisotopic (exact) mass is 402 g/mol. The number of thioether (sulfide) groups is 1. The third-order valence-corrected chi connectivity index (χ3v) is 5.86. The van der Waals surface area contributed by atoms with E-state index in [1.807, 2.05) is 48.5 Å². The number of benzene rings is 3. The van der Waals surface area contributed by atoms with Gasteiger partial charge in [-0.1, -0.05) is 65.9 Å². The second kappa shape index (κ2) is 8.53. The molecule has 146 valence electrons. The van der Waals surface area contributed by atoms with Crippen LogP contribution in [0.1, 0.15) is 16.7 Å². The van der Waals surface area contributed by atoms with Crippen molar-refractivity contribution >= 4 is 22.7 Å². The number of ether oxygens (including phenoxy) is 1. The Morgan fingerprint density at radius 2 is 1.62 bits per heavy atom. The van der Waals surface area contributed by atoms with E-state index in [-0.39, 0.29) is 5.56 Å². The van der Waals surface area contributed by atoms with Crippen molar-refractivity contribution < 1.29 is 4.74 Å². The number of aromatic nitrogens is 2. The van der Waals surface area contributed by atoms with Gasteiger partial charge in [0.2, 0.25) is 0 Å².